The average molecular weight is 463 g/mol. The van der Waals surface area contributed by atoms with Gasteiger partial charge in [-0.15, -0.1) is 0 Å². The Morgan fingerprint density at radius 1 is 1.23 bits per heavy atom. The van der Waals surface area contributed by atoms with Crippen molar-refractivity contribution in [3.05, 3.63) is 18.2 Å². The first-order valence-electron chi connectivity index (χ1n) is 9.57. The van der Waals surface area contributed by atoms with Crippen LogP contribution in [0.15, 0.2) is 23.1 Å². The zero-order valence-electron chi connectivity index (χ0n) is 17.9. The van der Waals surface area contributed by atoms with E-state index in [4.69, 9.17) is 4.74 Å². The highest BCUT2D eigenvalue weighted by Gasteiger charge is 2.33. The average Bonchev–Trinajstić information content (AvgIpc) is 2.66. The lowest BCUT2D eigenvalue weighted by atomic mass is 9.98. The Balaban J connectivity index is 2.24. The number of rotatable bonds is 8. The predicted molar refractivity (Wildman–Crippen MR) is 114 cm³/mol. The molecule has 10 nitrogen and oxygen atoms in total. The van der Waals surface area contributed by atoms with Crippen LogP contribution in [0.5, 0.6) is 5.75 Å². The minimum atomic E-state index is -3.76. The molecule has 1 saturated heterocycles. The van der Waals surface area contributed by atoms with Gasteiger partial charge in [0, 0.05) is 33.2 Å². The molecule has 0 aliphatic carbocycles. The van der Waals surface area contributed by atoms with Gasteiger partial charge in [0.05, 0.1) is 23.6 Å². The Morgan fingerprint density at radius 2 is 1.90 bits per heavy atom. The molecule has 1 aromatic rings. The fraction of sp³-hybridized carbons (Fsp3) is 0.611. The Kier molecular flexibility index (Phi) is 7.85. The van der Waals surface area contributed by atoms with Crippen molar-refractivity contribution >= 4 is 31.8 Å². The van der Waals surface area contributed by atoms with Crippen LogP contribution in [-0.4, -0.2) is 71.7 Å². The van der Waals surface area contributed by atoms with Gasteiger partial charge in [-0.2, -0.15) is 17.0 Å². The number of sulfonamides is 1. The van der Waals surface area contributed by atoms with E-state index in [0.717, 1.165) is 4.31 Å². The highest BCUT2D eigenvalue weighted by Crippen LogP contribution is 2.29. The van der Waals surface area contributed by atoms with Crippen molar-refractivity contribution in [1.82, 2.24) is 13.3 Å². The maximum absolute atomic E-state index is 12.8. The van der Waals surface area contributed by atoms with Crippen molar-refractivity contribution in [3.63, 3.8) is 0 Å². The summed E-state index contributed by atoms with van der Waals surface area (Å²) in [4.78, 5) is 12.8. The summed E-state index contributed by atoms with van der Waals surface area (Å²) in [6.07, 6.45) is 1.08. The molecular weight excluding hydrogens is 432 g/mol. The number of hydrogen-bond acceptors (Lipinski definition) is 6. The molecule has 1 unspecified atom stereocenters. The maximum atomic E-state index is 12.8. The van der Waals surface area contributed by atoms with Crippen LogP contribution < -0.4 is 14.8 Å². The van der Waals surface area contributed by atoms with Gasteiger partial charge < -0.3 is 10.1 Å². The van der Waals surface area contributed by atoms with E-state index >= 15 is 0 Å². The molecule has 0 radical (unpaired) electrons. The first-order valence-corrected chi connectivity index (χ1v) is 12.5. The minimum Gasteiger partial charge on any atom is -0.495 e. The number of anilines is 1. The number of nitrogens with zero attached hydrogens (tertiary/aromatic N) is 2. The monoisotopic (exact) mass is 462 g/mol. The number of piperidine rings is 1. The van der Waals surface area contributed by atoms with Crippen LogP contribution in [-0.2, 0) is 25.0 Å². The lowest BCUT2D eigenvalue weighted by Crippen LogP contribution is -2.47. The smallest absolute Gasteiger partial charge is 0.281 e. The summed E-state index contributed by atoms with van der Waals surface area (Å²) in [5, 5.41) is 2.71. The SMILES string of the molecule is COc1ccc(S(=O)(=O)NC(C)C)cc1NC(=O)C1CCCN(S(=O)(=O)N(C)C)C1. The number of carbonyl (C=O) groups is 1. The third-order valence-electron chi connectivity index (χ3n) is 4.67. The number of nitrogens with one attached hydrogen (secondary N) is 2. The Bertz CT molecular complexity index is 976. The van der Waals surface area contributed by atoms with Gasteiger partial charge in [-0.05, 0) is 44.9 Å². The molecule has 0 spiro atoms. The van der Waals surface area contributed by atoms with E-state index in [1.54, 1.807) is 13.8 Å². The van der Waals surface area contributed by atoms with Gasteiger partial charge in [0.2, 0.25) is 15.9 Å². The van der Waals surface area contributed by atoms with Crippen LogP contribution in [0.25, 0.3) is 0 Å². The normalized spacial score (nSPS) is 18.6. The molecule has 0 saturated carbocycles. The Labute approximate surface area is 178 Å². The van der Waals surface area contributed by atoms with E-state index in [1.807, 2.05) is 0 Å². The molecule has 1 aliphatic rings. The fourth-order valence-corrected chi connectivity index (χ4v) is 5.63. The molecule has 1 atom stereocenters. The molecule has 1 aromatic carbocycles. The molecule has 1 fully saturated rings. The second-order valence-corrected chi connectivity index (χ2v) is 11.5. The fourth-order valence-electron chi connectivity index (χ4n) is 3.16. The molecule has 2 rings (SSSR count). The second-order valence-electron chi connectivity index (χ2n) is 7.61. The first kappa shape index (κ1) is 24.5. The van der Waals surface area contributed by atoms with Gasteiger partial charge >= 0.3 is 0 Å². The molecule has 170 valence electrons. The van der Waals surface area contributed by atoms with E-state index in [9.17, 15) is 21.6 Å². The van der Waals surface area contributed by atoms with Gasteiger partial charge in [-0.1, -0.05) is 0 Å². The van der Waals surface area contributed by atoms with E-state index < -0.39 is 32.1 Å². The molecule has 30 heavy (non-hydrogen) atoms. The molecule has 1 aliphatic heterocycles. The lowest BCUT2D eigenvalue weighted by Gasteiger charge is -2.32. The topological polar surface area (TPSA) is 125 Å². The van der Waals surface area contributed by atoms with Crippen LogP contribution in [0, 0.1) is 5.92 Å². The number of benzene rings is 1. The second kappa shape index (κ2) is 9.60. The van der Waals surface area contributed by atoms with Crippen LogP contribution in [0.1, 0.15) is 26.7 Å². The highest BCUT2D eigenvalue weighted by molar-refractivity contribution is 7.89. The van der Waals surface area contributed by atoms with Gasteiger partial charge in [0.1, 0.15) is 5.75 Å². The first-order chi connectivity index (χ1) is 13.9. The van der Waals surface area contributed by atoms with Crippen LogP contribution in [0.3, 0.4) is 0 Å². The summed E-state index contributed by atoms with van der Waals surface area (Å²) in [6.45, 7) is 3.82. The van der Waals surface area contributed by atoms with Crippen molar-refractivity contribution in [2.45, 2.75) is 37.6 Å². The zero-order chi connectivity index (χ0) is 22.7. The standard InChI is InChI=1S/C18H30N4O6S2/c1-13(2)20-29(24,25)15-8-9-17(28-5)16(11-15)19-18(23)14-7-6-10-22(12-14)30(26,27)21(3)4/h8-9,11,13-14,20H,6-7,10,12H2,1-5H3,(H,19,23). The highest BCUT2D eigenvalue weighted by atomic mass is 32.2. The van der Waals surface area contributed by atoms with Crippen LogP contribution in [0.2, 0.25) is 0 Å². The number of carbonyl (C=O) groups excluding carboxylic acids is 1. The molecular formula is C18H30N4O6S2. The molecule has 0 aromatic heterocycles. The zero-order valence-corrected chi connectivity index (χ0v) is 19.5. The van der Waals surface area contributed by atoms with Crippen molar-refractivity contribution in [3.8, 4) is 5.75 Å². The third-order valence-corrected chi connectivity index (χ3v) is 8.24. The van der Waals surface area contributed by atoms with Crippen molar-refractivity contribution in [2.24, 2.45) is 5.92 Å². The number of methoxy groups -OCH3 is 1. The minimum absolute atomic E-state index is 0.00671. The van der Waals surface area contributed by atoms with E-state index in [1.165, 1.54) is 43.7 Å². The molecule has 1 amide bonds. The summed E-state index contributed by atoms with van der Waals surface area (Å²) in [7, 11) is -3.07. The molecule has 0 bridgehead atoms. The summed E-state index contributed by atoms with van der Waals surface area (Å²) in [5.41, 5.74) is 0.210. The van der Waals surface area contributed by atoms with Crippen molar-refractivity contribution in [2.75, 3.05) is 39.6 Å². The third kappa shape index (κ3) is 5.70. The Hall–Kier alpha value is -1.73. The summed E-state index contributed by atoms with van der Waals surface area (Å²) >= 11 is 0. The van der Waals surface area contributed by atoms with Crippen molar-refractivity contribution < 1.29 is 26.4 Å². The van der Waals surface area contributed by atoms with Gasteiger partial charge in [-0.3, -0.25) is 4.79 Å². The summed E-state index contributed by atoms with van der Waals surface area (Å²) < 4.78 is 59.8. The number of amides is 1. The van der Waals surface area contributed by atoms with Gasteiger partial charge in [0.15, 0.2) is 0 Å². The molecule has 1 heterocycles. The van der Waals surface area contributed by atoms with Crippen LogP contribution >= 0.6 is 0 Å². The van der Waals surface area contributed by atoms with E-state index in [2.05, 4.69) is 10.0 Å². The molecule has 12 heteroatoms. The van der Waals surface area contributed by atoms with E-state index in [0.29, 0.717) is 25.1 Å². The van der Waals surface area contributed by atoms with Crippen LogP contribution in [0.4, 0.5) is 5.69 Å². The van der Waals surface area contributed by atoms with Gasteiger partial charge in [0.25, 0.3) is 10.2 Å². The van der Waals surface area contributed by atoms with Crippen molar-refractivity contribution in [1.29, 1.82) is 0 Å². The quantitative estimate of drug-likeness (QED) is 0.590. The van der Waals surface area contributed by atoms with Gasteiger partial charge in [-0.25, -0.2) is 13.1 Å². The predicted octanol–water partition coefficient (Wildman–Crippen LogP) is 0.839. The summed E-state index contributed by atoms with van der Waals surface area (Å²) in [6, 6.07) is 3.90. The van der Waals surface area contributed by atoms with E-state index in [-0.39, 0.29) is 23.2 Å². The summed E-state index contributed by atoms with van der Waals surface area (Å²) in [5.74, 6) is -0.647. The number of hydrogen-bond donors (Lipinski definition) is 2. The number of ether oxygens (including phenoxy) is 1. The molecule has 2 N–H and O–H groups in total. The Morgan fingerprint density at radius 3 is 2.47 bits per heavy atom. The largest absolute Gasteiger partial charge is 0.495 e. The lowest BCUT2D eigenvalue weighted by molar-refractivity contribution is -0.120. The maximum Gasteiger partial charge on any atom is 0.281 e.